The summed E-state index contributed by atoms with van der Waals surface area (Å²) in [5.74, 6) is 0. The second-order valence-corrected chi connectivity index (χ2v) is 3.38. The summed E-state index contributed by atoms with van der Waals surface area (Å²) in [5.41, 5.74) is 2.73. The standard InChI is InChI=1S/C11H17N/c1-9-4-6-11(7-5-9)8-10(2)12-3/h4-7,10,12H,8H2,1-3H3. The van der Waals surface area contributed by atoms with Gasteiger partial charge >= 0.3 is 0 Å². The van der Waals surface area contributed by atoms with Crippen LogP contribution >= 0.6 is 0 Å². The van der Waals surface area contributed by atoms with Crippen molar-refractivity contribution >= 4 is 0 Å². The molecule has 1 aromatic carbocycles. The molecular formula is C11H17N. The smallest absolute Gasteiger partial charge is 0.00761 e. The van der Waals surface area contributed by atoms with Crippen LogP contribution in [0, 0.1) is 6.92 Å². The van der Waals surface area contributed by atoms with E-state index in [0.29, 0.717) is 6.04 Å². The van der Waals surface area contributed by atoms with Crippen molar-refractivity contribution in [2.24, 2.45) is 0 Å². The minimum absolute atomic E-state index is 0.563. The Bertz CT molecular complexity index is 225. The molecule has 0 bridgehead atoms. The molecule has 1 heteroatoms. The van der Waals surface area contributed by atoms with Crippen molar-refractivity contribution in [3.8, 4) is 0 Å². The Morgan fingerprint density at radius 2 is 1.83 bits per heavy atom. The molecule has 0 fully saturated rings. The third kappa shape index (κ3) is 2.67. The third-order valence-electron chi connectivity index (χ3n) is 2.16. The first-order valence-corrected chi connectivity index (χ1v) is 4.45. The van der Waals surface area contributed by atoms with Crippen LogP contribution in [0.3, 0.4) is 0 Å². The molecule has 0 aliphatic carbocycles. The van der Waals surface area contributed by atoms with Gasteiger partial charge in [-0.25, -0.2) is 0 Å². The molecule has 0 radical (unpaired) electrons. The van der Waals surface area contributed by atoms with Crippen LogP contribution in [0.2, 0.25) is 0 Å². The Balaban J connectivity index is 2.58. The molecule has 1 unspecified atom stereocenters. The van der Waals surface area contributed by atoms with E-state index >= 15 is 0 Å². The molecule has 0 heterocycles. The van der Waals surface area contributed by atoms with Crippen LogP contribution in [-0.4, -0.2) is 13.1 Å². The van der Waals surface area contributed by atoms with Gasteiger partial charge in [-0.2, -0.15) is 0 Å². The van der Waals surface area contributed by atoms with Crippen LogP contribution in [0.5, 0.6) is 0 Å². The van der Waals surface area contributed by atoms with Crippen molar-refractivity contribution in [1.29, 1.82) is 0 Å². The largest absolute Gasteiger partial charge is 0.317 e. The molecule has 0 saturated heterocycles. The fraction of sp³-hybridized carbons (Fsp3) is 0.455. The van der Waals surface area contributed by atoms with Crippen LogP contribution in [0.15, 0.2) is 24.3 Å². The highest BCUT2D eigenvalue weighted by Gasteiger charge is 1.98. The summed E-state index contributed by atoms with van der Waals surface area (Å²) in [7, 11) is 2.00. The second kappa shape index (κ2) is 4.27. The number of nitrogens with one attached hydrogen (secondary N) is 1. The van der Waals surface area contributed by atoms with Gasteiger partial charge in [0.1, 0.15) is 0 Å². The van der Waals surface area contributed by atoms with E-state index in [2.05, 4.69) is 43.4 Å². The summed E-state index contributed by atoms with van der Waals surface area (Å²) in [4.78, 5) is 0. The molecule has 1 aromatic rings. The molecule has 66 valence electrons. The highest BCUT2D eigenvalue weighted by atomic mass is 14.8. The van der Waals surface area contributed by atoms with Crippen molar-refractivity contribution in [1.82, 2.24) is 5.32 Å². The average molecular weight is 163 g/mol. The van der Waals surface area contributed by atoms with Crippen molar-refractivity contribution in [3.63, 3.8) is 0 Å². The SMILES string of the molecule is CNC(C)Cc1ccc(C)cc1. The Hall–Kier alpha value is -0.820. The Kier molecular flexibility index (Phi) is 3.30. The first-order chi connectivity index (χ1) is 5.72. The molecule has 0 aliphatic rings. The summed E-state index contributed by atoms with van der Waals surface area (Å²) in [6.45, 7) is 4.31. The molecule has 1 rings (SSSR count). The first-order valence-electron chi connectivity index (χ1n) is 4.45. The van der Waals surface area contributed by atoms with E-state index in [1.165, 1.54) is 11.1 Å². The van der Waals surface area contributed by atoms with Crippen molar-refractivity contribution in [2.45, 2.75) is 26.3 Å². The van der Waals surface area contributed by atoms with Crippen LogP contribution in [0.4, 0.5) is 0 Å². The fourth-order valence-corrected chi connectivity index (χ4v) is 1.18. The average Bonchev–Trinajstić information content (AvgIpc) is 2.09. The topological polar surface area (TPSA) is 12.0 Å². The van der Waals surface area contributed by atoms with Crippen molar-refractivity contribution < 1.29 is 0 Å². The zero-order valence-electron chi connectivity index (χ0n) is 8.09. The molecule has 12 heavy (non-hydrogen) atoms. The maximum Gasteiger partial charge on any atom is 0.00761 e. The lowest BCUT2D eigenvalue weighted by atomic mass is 10.1. The Morgan fingerprint density at radius 1 is 1.25 bits per heavy atom. The predicted octanol–water partition coefficient (Wildman–Crippen LogP) is 2.15. The van der Waals surface area contributed by atoms with Gasteiger partial charge < -0.3 is 5.32 Å². The minimum atomic E-state index is 0.563. The number of benzene rings is 1. The summed E-state index contributed by atoms with van der Waals surface area (Å²) >= 11 is 0. The minimum Gasteiger partial charge on any atom is -0.317 e. The van der Waals surface area contributed by atoms with Gasteiger partial charge in [-0.05, 0) is 32.9 Å². The molecule has 0 saturated carbocycles. The van der Waals surface area contributed by atoms with E-state index in [1.54, 1.807) is 0 Å². The number of rotatable bonds is 3. The van der Waals surface area contributed by atoms with Crippen LogP contribution in [0.1, 0.15) is 18.1 Å². The second-order valence-electron chi connectivity index (χ2n) is 3.38. The molecule has 0 spiro atoms. The van der Waals surface area contributed by atoms with Crippen LogP contribution < -0.4 is 5.32 Å². The normalized spacial score (nSPS) is 12.9. The van der Waals surface area contributed by atoms with Gasteiger partial charge in [0.2, 0.25) is 0 Å². The number of likely N-dealkylation sites (N-methyl/N-ethyl adjacent to an activating group) is 1. The van der Waals surface area contributed by atoms with Gasteiger partial charge in [-0.15, -0.1) is 0 Å². The van der Waals surface area contributed by atoms with Gasteiger partial charge in [-0.1, -0.05) is 29.8 Å². The van der Waals surface area contributed by atoms with Gasteiger partial charge in [0.15, 0.2) is 0 Å². The van der Waals surface area contributed by atoms with E-state index in [1.807, 2.05) is 7.05 Å². The summed E-state index contributed by atoms with van der Waals surface area (Å²) in [5, 5.41) is 3.23. The molecule has 0 aliphatic heterocycles. The van der Waals surface area contributed by atoms with Gasteiger partial charge in [-0.3, -0.25) is 0 Å². The lowest BCUT2D eigenvalue weighted by Crippen LogP contribution is -2.23. The highest BCUT2D eigenvalue weighted by molar-refractivity contribution is 5.21. The number of hydrogen-bond acceptors (Lipinski definition) is 1. The summed E-state index contributed by atoms with van der Waals surface area (Å²) in [6.07, 6.45) is 1.11. The summed E-state index contributed by atoms with van der Waals surface area (Å²) in [6, 6.07) is 9.29. The van der Waals surface area contributed by atoms with Gasteiger partial charge in [0.05, 0.1) is 0 Å². The lowest BCUT2D eigenvalue weighted by molar-refractivity contribution is 0.608. The Labute approximate surface area is 74.8 Å². The molecule has 1 atom stereocenters. The van der Waals surface area contributed by atoms with Crippen LogP contribution in [0.25, 0.3) is 0 Å². The zero-order valence-corrected chi connectivity index (χ0v) is 8.09. The third-order valence-corrected chi connectivity index (χ3v) is 2.16. The molecular weight excluding hydrogens is 146 g/mol. The van der Waals surface area contributed by atoms with Gasteiger partial charge in [0.25, 0.3) is 0 Å². The zero-order chi connectivity index (χ0) is 8.97. The molecule has 0 amide bonds. The van der Waals surface area contributed by atoms with E-state index in [4.69, 9.17) is 0 Å². The van der Waals surface area contributed by atoms with E-state index in [0.717, 1.165) is 6.42 Å². The monoisotopic (exact) mass is 163 g/mol. The van der Waals surface area contributed by atoms with Crippen molar-refractivity contribution in [2.75, 3.05) is 7.05 Å². The maximum atomic E-state index is 3.23. The number of aryl methyl sites for hydroxylation is 1. The molecule has 1 nitrogen and oxygen atoms in total. The van der Waals surface area contributed by atoms with E-state index in [9.17, 15) is 0 Å². The van der Waals surface area contributed by atoms with E-state index in [-0.39, 0.29) is 0 Å². The van der Waals surface area contributed by atoms with Crippen molar-refractivity contribution in [3.05, 3.63) is 35.4 Å². The van der Waals surface area contributed by atoms with Gasteiger partial charge in [0, 0.05) is 6.04 Å². The molecule has 1 N–H and O–H groups in total. The predicted molar refractivity (Wildman–Crippen MR) is 53.4 cm³/mol. The first kappa shape index (κ1) is 9.27. The van der Waals surface area contributed by atoms with E-state index < -0.39 is 0 Å². The number of hydrogen-bond donors (Lipinski definition) is 1. The lowest BCUT2D eigenvalue weighted by Gasteiger charge is -2.09. The van der Waals surface area contributed by atoms with Crippen LogP contribution in [-0.2, 0) is 6.42 Å². The quantitative estimate of drug-likeness (QED) is 0.720. The maximum absolute atomic E-state index is 3.23. The fourth-order valence-electron chi connectivity index (χ4n) is 1.18. The highest BCUT2D eigenvalue weighted by Crippen LogP contribution is 2.05. The molecule has 0 aromatic heterocycles. The Morgan fingerprint density at radius 3 is 2.33 bits per heavy atom. The summed E-state index contributed by atoms with van der Waals surface area (Å²) < 4.78 is 0.